The molecule has 0 saturated heterocycles. The largest absolute Gasteiger partial charge is 0.488 e. The summed E-state index contributed by atoms with van der Waals surface area (Å²) in [6, 6.07) is 20.4. The number of fused-ring (bicyclic) bond motifs is 1. The van der Waals surface area contributed by atoms with Gasteiger partial charge >= 0.3 is 0 Å². The minimum absolute atomic E-state index is 0.217. The van der Waals surface area contributed by atoms with Gasteiger partial charge < -0.3 is 14.8 Å². The number of nitriles is 1. The zero-order valence-corrected chi connectivity index (χ0v) is 25.2. The molecule has 0 radical (unpaired) electrons. The van der Waals surface area contributed by atoms with Crippen LogP contribution in [0.2, 0.25) is 5.02 Å². The van der Waals surface area contributed by atoms with E-state index in [1.807, 2.05) is 56.3 Å². The summed E-state index contributed by atoms with van der Waals surface area (Å²) in [4.78, 5) is 4.15. The Kier molecular flexibility index (Phi) is 8.60. The molecule has 44 heavy (non-hydrogen) atoms. The summed E-state index contributed by atoms with van der Waals surface area (Å²) in [5.41, 5.74) is 8.79. The van der Waals surface area contributed by atoms with E-state index < -0.39 is 0 Å². The maximum absolute atomic E-state index is 14.7. The minimum atomic E-state index is -0.243. The number of ether oxygens (including phenoxy) is 2. The van der Waals surface area contributed by atoms with Crippen molar-refractivity contribution in [3.8, 4) is 28.7 Å². The summed E-state index contributed by atoms with van der Waals surface area (Å²) in [5, 5.41) is 20.5. The van der Waals surface area contributed by atoms with Gasteiger partial charge in [0.25, 0.3) is 0 Å². The lowest BCUT2D eigenvalue weighted by atomic mass is 9.96. The van der Waals surface area contributed by atoms with Crippen molar-refractivity contribution in [2.24, 2.45) is 0 Å². The van der Waals surface area contributed by atoms with Gasteiger partial charge in [-0.25, -0.2) is 4.39 Å². The van der Waals surface area contributed by atoms with Gasteiger partial charge in [-0.3, -0.25) is 10.1 Å². The number of rotatable bonds is 10. The quantitative estimate of drug-likeness (QED) is 0.169. The summed E-state index contributed by atoms with van der Waals surface area (Å²) in [6.07, 6.45) is 4.47. The third kappa shape index (κ3) is 6.16. The molecule has 2 aromatic heterocycles. The number of nitrogens with one attached hydrogen (secondary N) is 2. The van der Waals surface area contributed by atoms with Crippen LogP contribution in [0.4, 0.5) is 4.39 Å². The molecule has 0 fully saturated rings. The Morgan fingerprint density at radius 2 is 1.89 bits per heavy atom. The normalized spacial score (nSPS) is 13.8. The van der Waals surface area contributed by atoms with Crippen molar-refractivity contribution in [3.63, 3.8) is 0 Å². The summed E-state index contributed by atoms with van der Waals surface area (Å²) in [7, 11) is 0. The number of aromatic nitrogens is 3. The molecular weight excluding hydrogens is 577 g/mol. The maximum Gasteiger partial charge on any atom is 0.142 e. The fourth-order valence-corrected chi connectivity index (χ4v) is 5.94. The molecule has 0 aliphatic heterocycles. The molecule has 2 N–H and O–H groups in total. The first-order valence-corrected chi connectivity index (χ1v) is 14.8. The standard InChI is InChI=1S/C35H31ClFN5O2/c1-21-30(22(2)42-41-21)19-40-18-25-13-31(36)35(14-34(25)43-20-24-12-23(15-38)16-39-17-24)44-33-11-10-27-26(7-5-8-29(27)33)28-6-3-4-9-32(28)37/h3-9,12-14,16-17,33,40H,10-11,18-20H2,1-2H3,(H,41,42)/t33-/m0/s1. The molecule has 0 unspecified atom stereocenters. The molecule has 7 nitrogen and oxygen atoms in total. The van der Waals surface area contributed by atoms with Crippen LogP contribution in [0, 0.1) is 31.0 Å². The van der Waals surface area contributed by atoms with Crippen LogP contribution in [0.3, 0.4) is 0 Å². The molecule has 0 bridgehead atoms. The predicted molar refractivity (Wildman–Crippen MR) is 167 cm³/mol. The highest BCUT2D eigenvalue weighted by Crippen LogP contribution is 2.43. The smallest absolute Gasteiger partial charge is 0.142 e. The Morgan fingerprint density at radius 1 is 1.05 bits per heavy atom. The molecule has 1 aliphatic rings. The highest BCUT2D eigenvalue weighted by molar-refractivity contribution is 6.32. The molecule has 0 amide bonds. The van der Waals surface area contributed by atoms with Crippen LogP contribution in [0.25, 0.3) is 11.1 Å². The lowest BCUT2D eigenvalue weighted by Crippen LogP contribution is -2.15. The van der Waals surface area contributed by atoms with E-state index in [9.17, 15) is 9.65 Å². The molecule has 1 atom stereocenters. The fourth-order valence-electron chi connectivity index (χ4n) is 5.71. The average molecular weight is 608 g/mol. The Labute approximate surface area is 260 Å². The number of nitrogens with zero attached hydrogens (tertiary/aromatic N) is 3. The first kappa shape index (κ1) is 29.4. The van der Waals surface area contributed by atoms with Gasteiger partial charge in [0.05, 0.1) is 16.3 Å². The minimum Gasteiger partial charge on any atom is -0.488 e. The van der Waals surface area contributed by atoms with Crippen LogP contribution >= 0.6 is 11.6 Å². The second-order valence-electron chi connectivity index (χ2n) is 10.9. The first-order valence-electron chi connectivity index (χ1n) is 14.4. The van der Waals surface area contributed by atoms with Crippen molar-refractivity contribution in [2.45, 2.75) is 52.5 Å². The summed E-state index contributed by atoms with van der Waals surface area (Å²) < 4.78 is 27.5. The van der Waals surface area contributed by atoms with Gasteiger partial charge in [0.2, 0.25) is 0 Å². The summed E-state index contributed by atoms with van der Waals surface area (Å²) in [5.74, 6) is 0.871. The van der Waals surface area contributed by atoms with Crippen LogP contribution in [0.1, 0.15) is 57.3 Å². The monoisotopic (exact) mass is 607 g/mol. The Bertz CT molecular complexity index is 1850. The van der Waals surface area contributed by atoms with Crippen LogP contribution in [-0.4, -0.2) is 15.2 Å². The van der Waals surface area contributed by atoms with Crippen LogP contribution in [0.5, 0.6) is 11.5 Å². The second kappa shape index (κ2) is 12.9. The van der Waals surface area contributed by atoms with Gasteiger partial charge in [0.15, 0.2) is 0 Å². The fraction of sp³-hybridized carbons (Fsp3) is 0.229. The van der Waals surface area contributed by atoms with Gasteiger partial charge in [0.1, 0.15) is 36.1 Å². The van der Waals surface area contributed by atoms with Crippen molar-refractivity contribution >= 4 is 11.6 Å². The van der Waals surface area contributed by atoms with Gasteiger partial charge in [-0.2, -0.15) is 10.4 Å². The van der Waals surface area contributed by atoms with Crippen molar-refractivity contribution in [2.75, 3.05) is 0 Å². The molecule has 0 spiro atoms. The maximum atomic E-state index is 14.7. The Balaban J connectivity index is 1.26. The van der Waals surface area contributed by atoms with E-state index in [-0.39, 0.29) is 18.5 Å². The second-order valence-corrected chi connectivity index (χ2v) is 11.3. The zero-order valence-electron chi connectivity index (χ0n) is 24.5. The molecule has 1 aliphatic carbocycles. The van der Waals surface area contributed by atoms with E-state index in [1.165, 1.54) is 12.3 Å². The number of aromatic amines is 1. The topological polar surface area (TPSA) is 95.8 Å². The lowest BCUT2D eigenvalue weighted by Gasteiger charge is -2.20. The number of halogens is 2. The van der Waals surface area contributed by atoms with E-state index >= 15 is 0 Å². The zero-order chi connectivity index (χ0) is 30.6. The third-order valence-electron chi connectivity index (χ3n) is 7.98. The number of pyridine rings is 1. The number of hydrogen-bond acceptors (Lipinski definition) is 6. The van der Waals surface area contributed by atoms with Crippen molar-refractivity contribution in [3.05, 3.63) is 129 Å². The summed E-state index contributed by atoms with van der Waals surface area (Å²) in [6.45, 7) is 5.31. The average Bonchev–Trinajstić information content (AvgIpc) is 3.60. The lowest BCUT2D eigenvalue weighted by molar-refractivity contribution is 0.206. The molecule has 2 heterocycles. The first-order chi connectivity index (χ1) is 21.4. The predicted octanol–water partition coefficient (Wildman–Crippen LogP) is 7.69. The molecule has 6 rings (SSSR count). The van der Waals surface area contributed by atoms with E-state index in [4.69, 9.17) is 21.1 Å². The highest BCUT2D eigenvalue weighted by atomic mass is 35.5. The molecular formula is C35H31ClFN5O2. The molecule has 222 valence electrons. The third-order valence-corrected chi connectivity index (χ3v) is 8.28. The molecule has 0 saturated carbocycles. The number of benzene rings is 3. The van der Waals surface area contributed by atoms with E-state index in [1.54, 1.807) is 18.3 Å². The SMILES string of the molecule is Cc1n[nH]c(C)c1CNCc1cc(Cl)c(O[C@H]2CCc3c(-c4ccccc4F)cccc32)cc1OCc1cncc(C#N)c1. The van der Waals surface area contributed by atoms with Gasteiger partial charge in [-0.1, -0.05) is 48.0 Å². The van der Waals surface area contributed by atoms with Crippen molar-refractivity contribution < 1.29 is 13.9 Å². The number of H-pyrrole nitrogens is 1. The van der Waals surface area contributed by atoms with Crippen LogP contribution in [-0.2, 0) is 26.1 Å². The van der Waals surface area contributed by atoms with E-state index in [0.717, 1.165) is 57.6 Å². The van der Waals surface area contributed by atoms with Gasteiger partial charge in [-0.15, -0.1) is 0 Å². The van der Waals surface area contributed by atoms with Gasteiger partial charge in [0, 0.05) is 59.5 Å². The van der Waals surface area contributed by atoms with Crippen LogP contribution in [0.15, 0.2) is 73.1 Å². The molecule has 3 aromatic carbocycles. The Hall–Kier alpha value is -4.71. The van der Waals surface area contributed by atoms with E-state index in [0.29, 0.717) is 40.7 Å². The van der Waals surface area contributed by atoms with E-state index in [2.05, 4.69) is 26.6 Å². The highest BCUT2D eigenvalue weighted by Gasteiger charge is 2.28. The van der Waals surface area contributed by atoms with Gasteiger partial charge in [-0.05, 0) is 61.6 Å². The van der Waals surface area contributed by atoms with Crippen molar-refractivity contribution in [1.82, 2.24) is 20.5 Å². The Morgan fingerprint density at radius 3 is 2.68 bits per heavy atom. The van der Waals surface area contributed by atoms with Crippen LogP contribution < -0.4 is 14.8 Å². The summed E-state index contributed by atoms with van der Waals surface area (Å²) >= 11 is 6.82. The molecule has 5 aromatic rings. The number of hydrogen-bond donors (Lipinski definition) is 2. The van der Waals surface area contributed by atoms with Crippen molar-refractivity contribution in [1.29, 1.82) is 5.26 Å². The molecule has 9 heteroatoms. The number of aryl methyl sites for hydroxylation is 2.